The van der Waals surface area contributed by atoms with Crippen LogP contribution in [0.4, 0.5) is 0 Å². The average Bonchev–Trinajstić information content (AvgIpc) is 3.24. The molecule has 3 heterocycles. The number of carbonyl (C=O) groups excluding carboxylic acids is 1. The van der Waals surface area contributed by atoms with Gasteiger partial charge in [0.25, 0.3) is 5.91 Å². The van der Waals surface area contributed by atoms with Gasteiger partial charge in [-0.1, -0.05) is 12.1 Å². The van der Waals surface area contributed by atoms with Crippen molar-refractivity contribution >= 4 is 29.0 Å². The standard InChI is InChI=1S/C15H13NO3S2/c17-14(13-2-1-6-20-13)16-5-7-21-15(16)10-3-4-11-12(8-10)19-9-18-11/h1-4,6,8,15H,5,7,9H2/t15-/m0/s1. The summed E-state index contributed by atoms with van der Waals surface area (Å²) in [6.45, 7) is 1.05. The van der Waals surface area contributed by atoms with Crippen LogP contribution in [0.25, 0.3) is 0 Å². The minimum Gasteiger partial charge on any atom is -0.454 e. The van der Waals surface area contributed by atoms with Crippen LogP contribution in [0.15, 0.2) is 35.7 Å². The molecule has 1 saturated heterocycles. The number of thioether (sulfide) groups is 1. The van der Waals surface area contributed by atoms with Crippen molar-refractivity contribution in [2.75, 3.05) is 19.1 Å². The van der Waals surface area contributed by atoms with Gasteiger partial charge < -0.3 is 14.4 Å². The molecule has 1 aromatic carbocycles. The van der Waals surface area contributed by atoms with E-state index in [0.717, 1.165) is 34.2 Å². The first-order valence-corrected chi connectivity index (χ1v) is 8.61. The molecule has 0 radical (unpaired) electrons. The summed E-state index contributed by atoms with van der Waals surface area (Å²) in [5.74, 6) is 2.61. The van der Waals surface area contributed by atoms with E-state index in [4.69, 9.17) is 9.47 Å². The van der Waals surface area contributed by atoms with E-state index in [2.05, 4.69) is 0 Å². The van der Waals surface area contributed by atoms with Gasteiger partial charge in [0.1, 0.15) is 5.37 Å². The Kier molecular flexibility index (Phi) is 3.27. The lowest BCUT2D eigenvalue weighted by molar-refractivity contribution is 0.0765. The van der Waals surface area contributed by atoms with Crippen molar-refractivity contribution in [3.63, 3.8) is 0 Å². The van der Waals surface area contributed by atoms with Gasteiger partial charge >= 0.3 is 0 Å². The Bertz CT molecular complexity index is 672. The Morgan fingerprint density at radius 3 is 3.00 bits per heavy atom. The van der Waals surface area contributed by atoms with E-state index in [-0.39, 0.29) is 18.1 Å². The second-order valence-electron chi connectivity index (χ2n) is 4.81. The third-order valence-corrected chi connectivity index (χ3v) is 5.68. The van der Waals surface area contributed by atoms with Gasteiger partial charge in [-0.3, -0.25) is 4.79 Å². The topological polar surface area (TPSA) is 38.8 Å². The molecule has 0 bridgehead atoms. The predicted molar refractivity (Wildman–Crippen MR) is 83.1 cm³/mol. The van der Waals surface area contributed by atoms with Crippen molar-refractivity contribution in [3.05, 3.63) is 46.2 Å². The van der Waals surface area contributed by atoms with E-state index in [1.165, 1.54) is 11.3 Å². The molecule has 2 aliphatic rings. The molecular weight excluding hydrogens is 306 g/mol. The molecule has 4 rings (SSSR count). The quantitative estimate of drug-likeness (QED) is 0.851. The van der Waals surface area contributed by atoms with Crippen molar-refractivity contribution in [2.24, 2.45) is 0 Å². The number of ether oxygens (including phenoxy) is 2. The van der Waals surface area contributed by atoms with Crippen molar-refractivity contribution in [3.8, 4) is 11.5 Å². The molecule has 1 atom stereocenters. The fourth-order valence-electron chi connectivity index (χ4n) is 2.56. The van der Waals surface area contributed by atoms with Gasteiger partial charge in [-0.05, 0) is 29.1 Å². The van der Waals surface area contributed by atoms with Gasteiger partial charge in [0.2, 0.25) is 6.79 Å². The van der Waals surface area contributed by atoms with Crippen molar-refractivity contribution in [1.29, 1.82) is 0 Å². The van der Waals surface area contributed by atoms with Crippen LogP contribution >= 0.6 is 23.1 Å². The van der Waals surface area contributed by atoms with Crippen molar-refractivity contribution in [2.45, 2.75) is 5.37 Å². The minimum absolute atomic E-state index is 0.0501. The van der Waals surface area contributed by atoms with Gasteiger partial charge in [-0.2, -0.15) is 0 Å². The minimum atomic E-state index is 0.0501. The smallest absolute Gasteiger partial charge is 0.265 e. The molecule has 0 saturated carbocycles. The summed E-state index contributed by atoms with van der Waals surface area (Å²) >= 11 is 3.28. The van der Waals surface area contributed by atoms with Crippen LogP contribution in [0.2, 0.25) is 0 Å². The molecule has 1 fully saturated rings. The summed E-state index contributed by atoms with van der Waals surface area (Å²) in [7, 11) is 0. The van der Waals surface area contributed by atoms with Gasteiger partial charge in [-0.15, -0.1) is 23.1 Å². The van der Waals surface area contributed by atoms with Crippen LogP contribution < -0.4 is 9.47 Å². The summed E-state index contributed by atoms with van der Waals surface area (Å²) in [5.41, 5.74) is 1.09. The zero-order valence-corrected chi connectivity index (χ0v) is 12.8. The summed E-state index contributed by atoms with van der Waals surface area (Å²) < 4.78 is 10.8. The van der Waals surface area contributed by atoms with Crippen molar-refractivity contribution < 1.29 is 14.3 Å². The van der Waals surface area contributed by atoms with Gasteiger partial charge in [-0.25, -0.2) is 0 Å². The Morgan fingerprint density at radius 2 is 2.14 bits per heavy atom. The van der Waals surface area contributed by atoms with Crippen LogP contribution in [0, 0.1) is 0 Å². The number of hydrogen-bond acceptors (Lipinski definition) is 5. The summed E-state index contributed by atoms with van der Waals surface area (Å²) in [5, 5.41) is 1.99. The third kappa shape index (κ3) is 2.28. The van der Waals surface area contributed by atoms with E-state index in [0.29, 0.717) is 0 Å². The molecule has 0 aliphatic carbocycles. The Balaban J connectivity index is 1.63. The van der Waals surface area contributed by atoms with Crippen LogP contribution in [0.3, 0.4) is 0 Å². The Labute approximate surface area is 130 Å². The highest BCUT2D eigenvalue weighted by atomic mass is 32.2. The lowest BCUT2D eigenvalue weighted by Gasteiger charge is -2.23. The molecule has 6 heteroatoms. The molecule has 21 heavy (non-hydrogen) atoms. The Morgan fingerprint density at radius 1 is 1.24 bits per heavy atom. The first-order valence-electron chi connectivity index (χ1n) is 6.68. The molecule has 2 aliphatic heterocycles. The second-order valence-corrected chi connectivity index (χ2v) is 6.95. The number of nitrogens with zero attached hydrogens (tertiary/aromatic N) is 1. The molecule has 0 spiro atoms. The van der Waals surface area contributed by atoms with E-state index < -0.39 is 0 Å². The molecule has 0 N–H and O–H groups in total. The van der Waals surface area contributed by atoms with E-state index in [9.17, 15) is 4.79 Å². The van der Waals surface area contributed by atoms with Crippen LogP contribution in [0.1, 0.15) is 20.6 Å². The number of rotatable bonds is 2. The van der Waals surface area contributed by atoms with E-state index >= 15 is 0 Å². The Hall–Kier alpha value is -1.66. The lowest BCUT2D eigenvalue weighted by Crippen LogP contribution is -2.29. The summed E-state index contributed by atoms with van der Waals surface area (Å²) in [6.07, 6.45) is 0. The van der Waals surface area contributed by atoms with E-state index in [1.807, 2.05) is 40.6 Å². The summed E-state index contributed by atoms with van der Waals surface area (Å²) in [6, 6.07) is 9.72. The lowest BCUT2D eigenvalue weighted by atomic mass is 10.2. The monoisotopic (exact) mass is 319 g/mol. The van der Waals surface area contributed by atoms with Gasteiger partial charge in [0.15, 0.2) is 11.5 Å². The zero-order valence-electron chi connectivity index (χ0n) is 11.2. The maximum Gasteiger partial charge on any atom is 0.265 e. The molecule has 2 aromatic rings. The number of thiophene rings is 1. The highest BCUT2D eigenvalue weighted by Gasteiger charge is 2.32. The molecule has 1 aromatic heterocycles. The SMILES string of the molecule is O=C(c1cccs1)N1CCS[C@H]1c1ccc2c(c1)OCO2. The molecular formula is C15H13NO3S2. The number of hydrogen-bond donors (Lipinski definition) is 0. The predicted octanol–water partition coefficient (Wildman–Crippen LogP) is 3.36. The number of amides is 1. The maximum atomic E-state index is 12.6. The van der Waals surface area contributed by atoms with Gasteiger partial charge in [0.05, 0.1) is 4.88 Å². The highest BCUT2D eigenvalue weighted by Crippen LogP contribution is 2.42. The first kappa shape index (κ1) is 13.0. The second kappa shape index (κ2) is 5.27. The number of carbonyl (C=O) groups is 1. The zero-order chi connectivity index (χ0) is 14.2. The normalized spacial score (nSPS) is 20.0. The maximum absolute atomic E-state index is 12.6. The number of benzene rings is 1. The fourth-order valence-corrected chi connectivity index (χ4v) is 4.49. The first-order chi connectivity index (χ1) is 10.3. The average molecular weight is 319 g/mol. The molecule has 108 valence electrons. The summed E-state index contributed by atoms with van der Waals surface area (Å²) in [4.78, 5) is 15.3. The third-order valence-electron chi connectivity index (χ3n) is 3.57. The van der Waals surface area contributed by atoms with E-state index in [1.54, 1.807) is 11.8 Å². The van der Waals surface area contributed by atoms with Crippen LogP contribution in [-0.4, -0.2) is 29.9 Å². The van der Waals surface area contributed by atoms with Crippen LogP contribution in [-0.2, 0) is 0 Å². The molecule has 0 unspecified atom stereocenters. The number of fused-ring (bicyclic) bond motifs is 1. The fraction of sp³-hybridized carbons (Fsp3) is 0.267. The largest absolute Gasteiger partial charge is 0.454 e. The highest BCUT2D eigenvalue weighted by molar-refractivity contribution is 7.99. The van der Waals surface area contributed by atoms with Crippen molar-refractivity contribution in [1.82, 2.24) is 4.90 Å². The molecule has 1 amide bonds. The molecule has 4 nitrogen and oxygen atoms in total. The van der Waals surface area contributed by atoms with Gasteiger partial charge in [0, 0.05) is 12.3 Å². The van der Waals surface area contributed by atoms with Crippen LogP contribution in [0.5, 0.6) is 11.5 Å².